The summed E-state index contributed by atoms with van der Waals surface area (Å²) in [6.07, 6.45) is 19.7. The minimum absolute atomic E-state index is 0.0304. The van der Waals surface area contributed by atoms with E-state index in [9.17, 15) is 9.46 Å². The maximum Gasteiger partial charge on any atom is 0.353 e. The van der Waals surface area contributed by atoms with Gasteiger partial charge in [-0.25, -0.2) is 4.98 Å². The topological polar surface area (TPSA) is 170 Å². The van der Waals surface area contributed by atoms with E-state index in [1.165, 1.54) is 96.9 Å². The number of methoxy groups -OCH3 is 1. The second-order valence-corrected chi connectivity index (χ2v) is 12.7. The molecule has 1 unspecified atom stereocenters. The van der Waals surface area contributed by atoms with Gasteiger partial charge >= 0.3 is 7.60 Å². The van der Waals surface area contributed by atoms with Crippen LogP contribution in [0.1, 0.15) is 103 Å². The lowest BCUT2D eigenvalue weighted by atomic mass is 10.0. The van der Waals surface area contributed by atoms with Crippen LogP contribution < -0.4 is 11.5 Å². The molecule has 0 fully saturated rings. The molecule has 0 saturated heterocycles. The largest absolute Gasteiger partial charge is 0.382 e. The second-order valence-electron chi connectivity index (χ2n) is 10.9. The Morgan fingerprint density at radius 1 is 0.881 bits per heavy atom. The first-order valence-electron chi connectivity index (χ1n) is 15.7. The lowest BCUT2D eigenvalue weighted by molar-refractivity contribution is 0.00219. The van der Waals surface area contributed by atoms with Crippen LogP contribution >= 0.6 is 7.60 Å². The first-order valence-corrected chi connectivity index (χ1v) is 17.5. The average molecular weight is 615 g/mol. The molecule has 2 aromatic heterocycles. The smallest absolute Gasteiger partial charge is 0.353 e. The van der Waals surface area contributed by atoms with E-state index in [1.54, 1.807) is 4.57 Å². The van der Waals surface area contributed by atoms with Crippen LogP contribution in [0.5, 0.6) is 0 Å². The number of hydrogen-bond donors (Lipinski definition) is 3. The highest BCUT2D eigenvalue weighted by molar-refractivity contribution is 7.52. The van der Waals surface area contributed by atoms with Crippen LogP contribution in [-0.2, 0) is 29.8 Å². The normalized spacial score (nSPS) is 14.0. The third-order valence-electron chi connectivity index (χ3n) is 7.10. The predicted octanol–water partition coefficient (Wildman–Crippen LogP) is 6.07. The summed E-state index contributed by atoms with van der Waals surface area (Å²) in [4.78, 5) is 22.5. The summed E-state index contributed by atoms with van der Waals surface area (Å²) < 4.78 is 35.9. The van der Waals surface area contributed by atoms with E-state index in [4.69, 9.17) is 30.2 Å². The molecular weight excluding hydrogens is 559 g/mol. The maximum absolute atomic E-state index is 12.5. The van der Waals surface area contributed by atoms with E-state index in [2.05, 4.69) is 21.9 Å². The minimum atomic E-state index is -3.94. The van der Waals surface area contributed by atoms with Gasteiger partial charge in [-0.1, -0.05) is 90.4 Å². The molecule has 0 aliphatic carbocycles. The van der Waals surface area contributed by atoms with Gasteiger partial charge in [0.2, 0.25) is 5.95 Å². The lowest BCUT2D eigenvalue weighted by Crippen LogP contribution is -2.26. The fourth-order valence-corrected chi connectivity index (χ4v) is 5.67. The summed E-state index contributed by atoms with van der Waals surface area (Å²) in [5.74, 6) is 0.208. The van der Waals surface area contributed by atoms with Gasteiger partial charge in [0.05, 0.1) is 32.2 Å². The molecule has 0 aliphatic rings. The van der Waals surface area contributed by atoms with Crippen molar-refractivity contribution in [2.24, 2.45) is 0 Å². The number of rotatable bonds is 27. The molecular formula is C29H55N6O6P. The Hall–Kier alpha value is -1.82. The van der Waals surface area contributed by atoms with Crippen LogP contribution in [0.15, 0.2) is 6.33 Å². The van der Waals surface area contributed by atoms with Gasteiger partial charge in [-0.05, 0) is 12.8 Å². The zero-order chi connectivity index (χ0) is 30.5. The standard InChI is InChI=1S/C29H55N6O6P/c1-3-4-5-6-7-8-9-10-11-12-13-14-15-16-18-39-19-17-20-41-42(36,37)24-40-25(22-38-2)21-35-23-32-26-27(30)33-29(31)34-28(26)35/h23,25H,3-22,24H2,1-2H3,(H,36,37)(H4,30,31,33,34)/t25-/m0/s1. The summed E-state index contributed by atoms with van der Waals surface area (Å²) in [5.41, 5.74) is 12.4. The van der Waals surface area contributed by atoms with Crippen molar-refractivity contribution in [1.29, 1.82) is 0 Å². The van der Waals surface area contributed by atoms with Crippen molar-refractivity contribution in [3.63, 3.8) is 0 Å². The number of anilines is 2. The number of unbranched alkanes of at least 4 members (excludes halogenated alkanes) is 13. The van der Waals surface area contributed by atoms with E-state index in [0.29, 0.717) is 30.8 Å². The molecule has 0 aliphatic heterocycles. The van der Waals surface area contributed by atoms with Crippen LogP contribution in [-0.4, -0.2) is 70.4 Å². The molecule has 12 nitrogen and oxygen atoms in total. The molecule has 2 rings (SSSR count). The molecule has 0 aromatic carbocycles. The van der Waals surface area contributed by atoms with Crippen molar-refractivity contribution in [1.82, 2.24) is 19.5 Å². The third kappa shape index (κ3) is 15.6. The zero-order valence-electron chi connectivity index (χ0n) is 25.9. The minimum Gasteiger partial charge on any atom is -0.382 e. The SMILES string of the molecule is CCCCCCCCCCCCCCCCOCCCOP(=O)(O)CO[C@H](COC)Cn1cnc2c(N)nc(N)nc21. The fraction of sp³-hybridized carbons (Fsp3) is 0.828. The van der Waals surface area contributed by atoms with Crippen molar-refractivity contribution in [2.45, 2.75) is 116 Å². The Balaban J connectivity index is 1.47. The Bertz CT molecular complexity index is 1030. The molecule has 5 N–H and O–H groups in total. The van der Waals surface area contributed by atoms with Gasteiger partial charge in [-0.2, -0.15) is 9.97 Å². The monoisotopic (exact) mass is 614 g/mol. The predicted molar refractivity (Wildman–Crippen MR) is 167 cm³/mol. The van der Waals surface area contributed by atoms with Crippen LogP contribution in [0, 0.1) is 0 Å². The maximum atomic E-state index is 12.5. The van der Waals surface area contributed by atoms with Crippen molar-refractivity contribution < 1.29 is 28.2 Å². The summed E-state index contributed by atoms with van der Waals surface area (Å²) >= 11 is 0. The summed E-state index contributed by atoms with van der Waals surface area (Å²) in [6, 6.07) is 0. The molecule has 13 heteroatoms. The molecule has 42 heavy (non-hydrogen) atoms. The first-order chi connectivity index (χ1) is 20.4. The van der Waals surface area contributed by atoms with E-state index in [1.807, 2.05) is 0 Å². The Kier molecular flexibility index (Phi) is 18.9. The van der Waals surface area contributed by atoms with E-state index in [-0.39, 0.29) is 31.5 Å². The van der Waals surface area contributed by atoms with Gasteiger partial charge < -0.3 is 39.7 Å². The van der Waals surface area contributed by atoms with Gasteiger partial charge in [0, 0.05) is 20.3 Å². The molecule has 2 atom stereocenters. The Labute approximate surface area is 251 Å². The number of aromatic nitrogens is 4. The highest BCUT2D eigenvalue weighted by atomic mass is 31.2. The molecule has 2 aromatic rings. The highest BCUT2D eigenvalue weighted by Crippen LogP contribution is 2.42. The van der Waals surface area contributed by atoms with Crippen LogP contribution in [0.25, 0.3) is 11.2 Å². The van der Waals surface area contributed by atoms with Gasteiger partial charge in [0.25, 0.3) is 0 Å². The van der Waals surface area contributed by atoms with Crippen LogP contribution in [0.3, 0.4) is 0 Å². The molecule has 0 radical (unpaired) electrons. The molecule has 0 saturated carbocycles. The van der Waals surface area contributed by atoms with Gasteiger partial charge in [-0.3, -0.25) is 4.57 Å². The zero-order valence-corrected chi connectivity index (χ0v) is 26.8. The van der Waals surface area contributed by atoms with Crippen molar-refractivity contribution in [3.8, 4) is 0 Å². The summed E-state index contributed by atoms with van der Waals surface area (Å²) in [7, 11) is -2.42. The summed E-state index contributed by atoms with van der Waals surface area (Å²) in [5, 5.41) is 0. The number of nitrogen functional groups attached to an aromatic ring is 2. The van der Waals surface area contributed by atoms with Crippen molar-refractivity contribution >= 4 is 30.5 Å². The average Bonchev–Trinajstić information content (AvgIpc) is 3.35. The van der Waals surface area contributed by atoms with Crippen LogP contribution in [0.2, 0.25) is 0 Å². The van der Waals surface area contributed by atoms with Gasteiger partial charge in [-0.15, -0.1) is 0 Å². The summed E-state index contributed by atoms with van der Waals surface area (Å²) in [6.45, 7) is 4.03. The number of ether oxygens (including phenoxy) is 3. The first kappa shape index (κ1) is 36.4. The number of fused-ring (bicyclic) bond motifs is 1. The Morgan fingerprint density at radius 3 is 2.10 bits per heavy atom. The molecule has 2 heterocycles. The highest BCUT2D eigenvalue weighted by Gasteiger charge is 2.23. The fourth-order valence-electron chi connectivity index (χ4n) is 4.78. The number of hydrogen-bond acceptors (Lipinski definition) is 10. The molecule has 0 amide bonds. The Morgan fingerprint density at radius 2 is 1.48 bits per heavy atom. The van der Waals surface area contributed by atoms with E-state index >= 15 is 0 Å². The van der Waals surface area contributed by atoms with Crippen molar-refractivity contribution in [3.05, 3.63) is 6.33 Å². The molecule has 242 valence electrons. The van der Waals surface area contributed by atoms with E-state index < -0.39 is 20.0 Å². The molecule has 0 bridgehead atoms. The second kappa shape index (κ2) is 21.8. The van der Waals surface area contributed by atoms with Gasteiger partial charge in [0.15, 0.2) is 11.5 Å². The molecule has 0 spiro atoms. The third-order valence-corrected chi connectivity index (χ3v) is 8.16. The lowest BCUT2D eigenvalue weighted by Gasteiger charge is -2.20. The quantitative estimate of drug-likeness (QED) is 0.0788. The van der Waals surface area contributed by atoms with Gasteiger partial charge in [0.1, 0.15) is 11.9 Å². The van der Waals surface area contributed by atoms with E-state index in [0.717, 1.165) is 6.42 Å². The number of nitrogens with two attached hydrogens (primary N) is 2. The number of nitrogens with zero attached hydrogens (tertiary/aromatic N) is 4. The van der Waals surface area contributed by atoms with Crippen LogP contribution in [0.4, 0.5) is 11.8 Å². The number of imidazole rings is 1. The van der Waals surface area contributed by atoms with Crippen molar-refractivity contribution in [2.75, 3.05) is 51.4 Å².